The van der Waals surface area contributed by atoms with Crippen molar-refractivity contribution < 1.29 is 23.8 Å². The Morgan fingerprint density at radius 3 is 2.24 bits per heavy atom. The van der Waals surface area contributed by atoms with Gasteiger partial charge in [0, 0.05) is 23.9 Å². The Hall–Kier alpha value is -1.95. The number of rotatable bonds is 7. The molecule has 7 rings (SSSR count). The molecule has 0 aromatic heterocycles. The molecule has 1 saturated heterocycles. The molecule has 6 fully saturated rings. The van der Waals surface area contributed by atoms with E-state index in [1.54, 1.807) is 6.07 Å². The third-order valence-corrected chi connectivity index (χ3v) is 9.16. The normalized spacial score (nSPS) is 37.2. The second kappa shape index (κ2) is 8.07. The Labute approximate surface area is 194 Å². The number of carbonyl (C=O) groups excluding carboxylic acids is 1. The molecule has 0 spiro atoms. The minimum atomic E-state index is -0.899. The molecular formula is C27H34FNO4. The van der Waals surface area contributed by atoms with Crippen LogP contribution in [-0.2, 0) is 4.79 Å². The van der Waals surface area contributed by atoms with E-state index in [-0.39, 0.29) is 29.2 Å². The first-order valence-corrected chi connectivity index (χ1v) is 12.9. The monoisotopic (exact) mass is 455 g/mol. The van der Waals surface area contributed by atoms with Gasteiger partial charge in [0.1, 0.15) is 17.6 Å². The Morgan fingerprint density at radius 2 is 1.70 bits per heavy atom. The second-order valence-corrected chi connectivity index (χ2v) is 11.8. The molecule has 5 aliphatic carbocycles. The van der Waals surface area contributed by atoms with E-state index in [2.05, 4.69) is 5.32 Å². The summed E-state index contributed by atoms with van der Waals surface area (Å²) in [5, 5.41) is 12.1. The summed E-state index contributed by atoms with van der Waals surface area (Å²) in [6, 6.07) is 2.58. The number of hydrogen-bond donors (Lipinski definition) is 2. The third-order valence-electron chi connectivity index (χ3n) is 9.16. The average molecular weight is 456 g/mol. The first-order valence-electron chi connectivity index (χ1n) is 12.9. The van der Waals surface area contributed by atoms with Crippen molar-refractivity contribution >= 4 is 11.8 Å². The van der Waals surface area contributed by atoms with Crippen LogP contribution >= 0.6 is 0 Å². The Kier molecular flexibility index (Phi) is 5.28. The standard InChI is InChI=1S/C27H34FNO4/c28-22-9-24(33-14-27-10-15-5-16(11-27)7-17(6-15)12-27)20(18-1-2-18)8-21(22)25(30)19-3-4-23(26(31)32)29-13-19/h8-9,15-19,23,29H,1-7,10-14H2,(H,31,32). The fraction of sp³-hybridized carbons (Fsp3) is 0.704. The van der Waals surface area contributed by atoms with E-state index >= 15 is 4.39 Å². The summed E-state index contributed by atoms with van der Waals surface area (Å²) in [6.07, 6.45) is 10.9. The van der Waals surface area contributed by atoms with Gasteiger partial charge in [0.2, 0.25) is 0 Å². The molecule has 2 N–H and O–H groups in total. The van der Waals surface area contributed by atoms with E-state index in [9.17, 15) is 9.59 Å². The molecule has 1 aliphatic heterocycles. The van der Waals surface area contributed by atoms with Gasteiger partial charge in [0.25, 0.3) is 0 Å². The third kappa shape index (κ3) is 4.09. The highest BCUT2D eigenvalue weighted by Gasteiger charge is 2.51. The summed E-state index contributed by atoms with van der Waals surface area (Å²) in [5.74, 6) is 1.52. The van der Waals surface area contributed by atoms with E-state index in [0.29, 0.717) is 31.1 Å². The number of carboxylic acid groups (broad SMARTS) is 1. The SMILES string of the molecule is O=C(c1cc(C2CC2)c(OCC23CC4CC(CC(C4)C2)C3)cc1F)C1CCC(C(=O)O)NC1. The van der Waals surface area contributed by atoms with Crippen LogP contribution in [0, 0.1) is 34.9 Å². The predicted octanol–water partition coefficient (Wildman–Crippen LogP) is 4.93. The number of Topliss-reactive ketones (excluding diaryl/α,β-unsaturated/α-hetero) is 1. The summed E-state index contributed by atoms with van der Waals surface area (Å²) in [7, 11) is 0. The van der Waals surface area contributed by atoms with Gasteiger partial charge in [-0.15, -0.1) is 0 Å². The maximum absolute atomic E-state index is 15.2. The van der Waals surface area contributed by atoms with Crippen LogP contribution in [0.25, 0.3) is 0 Å². The van der Waals surface area contributed by atoms with Gasteiger partial charge in [-0.2, -0.15) is 0 Å². The average Bonchev–Trinajstić information content (AvgIpc) is 3.62. The molecule has 0 amide bonds. The largest absolute Gasteiger partial charge is 0.493 e. The van der Waals surface area contributed by atoms with E-state index in [1.807, 2.05) is 0 Å². The lowest BCUT2D eigenvalue weighted by Crippen LogP contribution is -2.48. The molecule has 1 heterocycles. The first kappa shape index (κ1) is 21.6. The highest BCUT2D eigenvalue weighted by molar-refractivity contribution is 5.99. The van der Waals surface area contributed by atoms with Crippen molar-refractivity contribution in [2.45, 2.75) is 76.2 Å². The van der Waals surface area contributed by atoms with Gasteiger partial charge in [-0.05, 0) is 99.5 Å². The number of nitrogens with one attached hydrogen (secondary N) is 1. The molecule has 33 heavy (non-hydrogen) atoms. The quantitative estimate of drug-likeness (QED) is 0.570. The minimum Gasteiger partial charge on any atom is -0.493 e. The molecule has 5 nitrogen and oxygen atoms in total. The van der Waals surface area contributed by atoms with E-state index in [4.69, 9.17) is 9.84 Å². The zero-order chi connectivity index (χ0) is 22.7. The molecule has 178 valence electrons. The lowest BCUT2D eigenvalue weighted by Gasteiger charge is -2.56. The number of piperidine rings is 1. The van der Waals surface area contributed by atoms with Crippen molar-refractivity contribution in [3.8, 4) is 5.75 Å². The molecule has 2 unspecified atom stereocenters. The van der Waals surface area contributed by atoms with Crippen LogP contribution < -0.4 is 10.1 Å². The molecule has 2 atom stereocenters. The summed E-state index contributed by atoms with van der Waals surface area (Å²) in [5.41, 5.74) is 1.38. The lowest BCUT2D eigenvalue weighted by molar-refractivity contribution is -0.140. The Balaban J connectivity index is 1.19. The van der Waals surface area contributed by atoms with Crippen LogP contribution in [0.1, 0.15) is 86.0 Å². The number of ether oxygens (including phenoxy) is 1. The second-order valence-electron chi connectivity index (χ2n) is 11.8. The fourth-order valence-electron chi connectivity index (χ4n) is 7.81. The number of carbonyl (C=O) groups is 2. The zero-order valence-electron chi connectivity index (χ0n) is 19.2. The zero-order valence-corrected chi connectivity index (χ0v) is 19.2. The number of aliphatic carboxylic acids is 1. The first-order chi connectivity index (χ1) is 15.9. The molecule has 0 radical (unpaired) electrons. The summed E-state index contributed by atoms with van der Waals surface area (Å²) >= 11 is 0. The number of hydrogen-bond acceptors (Lipinski definition) is 4. The fourth-order valence-corrected chi connectivity index (χ4v) is 7.81. The Bertz CT molecular complexity index is 928. The molecule has 1 aromatic rings. The Morgan fingerprint density at radius 1 is 1.03 bits per heavy atom. The number of ketones is 1. The maximum atomic E-state index is 15.2. The van der Waals surface area contributed by atoms with Crippen molar-refractivity contribution in [3.63, 3.8) is 0 Å². The molecule has 6 aliphatic rings. The summed E-state index contributed by atoms with van der Waals surface area (Å²) < 4.78 is 21.6. The molecule has 4 bridgehead atoms. The topological polar surface area (TPSA) is 75.6 Å². The molecule has 5 saturated carbocycles. The highest BCUT2D eigenvalue weighted by Crippen LogP contribution is 2.60. The van der Waals surface area contributed by atoms with Gasteiger partial charge in [-0.25, -0.2) is 4.39 Å². The highest BCUT2D eigenvalue weighted by atomic mass is 19.1. The van der Waals surface area contributed by atoms with Crippen molar-refractivity contribution in [2.24, 2.45) is 29.1 Å². The van der Waals surface area contributed by atoms with Crippen molar-refractivity contribution in [1.29, 1.82) is 0 Å². The van der Waals surface area contributed by atoms with Crippen molar-refractivity contribution in [1.82, 2.24) is 5.32 Å². The summed E-state index contributed by atoms with van der Waals surface area (Å²) in [6.45, 7) is 0.949. The molecular weight excluding hydrogens is 421 g/mol. The van der Waals surface area contributed by atoms with E-state index in [1.165, 1.54) is 44.6 Å². The van der Waals surface area contributed by atoms with Crippen LogP contribution in [-0.4, -0.2) is 36.1 Å². The van der Waals surface area contributed by atoms with Gasteiger partial charge in [-0.1, -0.05) is 0 Å². The van der Waals surface area contributed by atoms with Gasteiger partial charge in [0.15, 0.2) is 5.78 Å². The number of halogens is 1. The smallest absolute Gasteiger partial charge is 0.320 e. The van der Waals surface area contributed by atoms with Crippen molar-refractivity contribution in [2.75, 3.05) is 13.2 Å². The number of benzene rings is 1. The predicted molar refractivity (Wildman–Crippen MR) is 121 cm³/mol. The van der Waals surface area contributed by atoms with Crippen LogP contribution in [0.5, 0.6) is 5.75 Å². The number of carboxylic acids is 1. The minimum absolute atomic E-state index is 0.139. The lowest BCUT2D eigenvalue weighted by atomic mass is 9.50. The van der Waals surface area contributed by atoms with E-state index in [0.717, 1.165) is 36.2 Å². The molecule has 6 heteroatoms. The summed E-state index contributed by atoms with van der Waals surface area (Å²) in [4.78, 5) is 24.3. The van der Waals surface area contributed by atoms with Gasteiger partial charge < -0.3 is 15.2 Å². The van der Waals surface area contributed by atoms with Gasteiger partial charge in [0.05, 0.1) is 12.2 Å². The van der Waals surface area contributed by atoms with Crippen LogP contribution in [0.3, 0.4) is 0 Å². The maximum Gasteiger partial charge on any atom is 0.320 e. The van der Waals surface area contributed by atoms with E-state index < -0.39 is 17.8 Å². The van der Waals surface area contributed by atoms with Crippen LogP contribution in [0.4, 0.5) is 4.39 Å². The van der Waals surface area contributed by atoms with Crippen LogP contribution in [0.2, 0.25) is 0 Å². The van der Waals surface area contributed by atoms with Gasteiger partial charge in [-0.3, -0.25) is 9.59 Å². The molecule has 1 aromatic carbocycles. The van der Waals surface area contributed by atoms with Crippen LogP contribution in [0.15, 0.2) is 12.1 Å². The van der Waals surface area contributed by atoms with Gasteiger partial charge >= 0.3 is 5.97 Å². The van der Waals surface area contributed by atoms with Crippen molar-refractivity contribution in [3.05, 3.63) is 29.1 Å².